The summed E-state index contributed by atoms with van der Waals surface area (Å²) in [6.07, 6.45) is 3.94. The van der Waals surface area contributed by atoms with Crippen molar-refractivity contribution in [2.24, 2.45) is 22.5 Å². The van der Waals surface area contributed by atoms with Gasteiger partial charge in [-0.2, -0.15) is 0 Å². The van der Waals surface area contributed by atoms with Crippen LogP contribution in [0.4, 0.5) is 0 Å². The zero-order valence-electron chi connectivity index (χ0n) is 10.9. The fraction of sp³-hybridized carbons (Fsp3) is 0.923. The third-order valence-electron chi connectivity index (χ3n) is 4.54. The Morgan fingerprint density at radius 3 is 2.47 bits per heavy atom. The van der Waals surface area contributed by atoms with Crippen molar-refractivity contribution in [2.45, 2.75) is 33.1 Å². The van der Waals surface area contributed by atoms with E-state index in [9.17, 15) is 4.79 Å². The van der Waals surface area contributed by atoms with Crippen LogP contribution >= 0.6 is 0 Å². The van der Waals surface area contributed by atoms with Gasteiger partial charge < -0.3 is 15.8 Å². The van der Waals surface area contributed by atoms with Crippen molar-refractivity contribution >= 4 is 5.91 Å². The molecule has 1 aliphatic heterocycles. The van der Waals surface area contributed by atoms with Crippen LogP contribution in [-0.2, 0) is 9.53 Å². The standard InChI is InChI=1S/C13H24N2O2/c1-12(2,10-4-3-5-10)7-15-11(16)13(6-14)8-17-9-13/h10H,3-9,14H2,1-2H3,(H,15,16). The smallest absolute Gasteiger partial charge is 0.232 e. The predicted octanol–water partition coefficient (Wildman–Crippen LogP) is 0.904. The maximum atomic E-state index is 12.1. The van der Waals surface area contributed by atoms with Crippen LogP contribution in [-0.4, -0.2) is 32.2 Å². The van der Waals surface area contributed by atoms with E-state index in [2.05, 4.69) is 19.2 Å². The van der Waals surface area contributed by atoms with E-state index >= 15 is 0 Å². The summed E-state index contributed by atoms with van der Waals surface area (Å²) in [7, 11) is 0. The van der Waals surface area contributed by atoms with Gasteiger partial charge in [-0.25, -0.2) is 0 Å². The second kappa shape index (κ2) is 4.58. The Morgan fingerprint density at radius 1 is 1.47 bits per heavy atom. The van der Waals surface area contributed by atoms with Crippen LogP contribution in [0.25, 0.3) is 0 Å². The van der Waals surface area contributed by atoms with Crippen molar-refractivity contribution in [1.82, 2.24) is 5.32 Å². The fourth-order valence-electron chi connectivity index (χ4n) is 2.52. The number of ether oxygens (including phenoxy) is 1. The average Bonchev–Trinajstić information content (AvgIpc) is 2.10. The molecule has 1 heterocycles. The number of nitrogens with one attached hydrogen (secondary N) is 1. The fourth-order valence-corrected chi connectivity index (χ4v) is 2.52. The number of rotatable bonds is 5. The van der Waals surface area contributed by atoms with Gasteiger partial charge in [0.15, 0.2) is 0 Å². The lowest BCUT2D eigenvalue weighted by Crippen LogP contribution is -2.59. The minimum Gasteiger partial charge on any atom is -0.379 e. The van der Waals surface area contributed by atoms with Crippen molar-refractivity contribution in [3.05, 3.63) is 0 Å². The maximum absolute atomic E-state index is 12.1. The highest BCUT2D eigenvalue weighted by Gasteiger charge is 2.45. The summed E-state index contributed by atoms with van der Waals surface area (Å²) in [5, 5.41) is 3.07. The summed E-state index contributed by atoms with van der Waals surface area (Å²) in [6.45, 7) is 6.55. The molecule has 2 rings (SSSR count). The first-order valence-electron chi connectivity index (χ1n) is 6.56. The highest BCUT2D eigenvalue weighted by molar-refractivity contribution is 5.84. The number of hydrogen-bond acceptors (Lipinski definition) is 3. The molecule has 98 valence electrons. The molecule has 0 aromatic carbocycles. The van der Waals surface area contributed by atoms with Crippen molar-refractivity contribution in [2.75, 3.05) is 26.3 Å². The lowest BCUT2D eigenvalue weighted by Gasteiger charge is -2.43. The van der Waals surface area contributed by atoms with Gasteiger partial charge in [-0.1, -0.05) is 20.3 Å². The second-order valence-corrected chi connectivity index (χ2v) is 6.28. The molecular weight excluding hydrogens is 216 g/mol. The van der Waals surface area contributed by atoms with E-state index in [0.717, 1.165) is 12.5 Å². The molecule has 2 aliphatic rings. The highest BCUT2D eigenvalue weighted by atomic mass is 16.5. The van der Waals surface area contributed by atoms with Crippen LogP contribution in [0.15, 0.2) is 0 Å². The van der Waals surface area contributed by atoms with Crippen molar-refractivity contribution in [3.63, 3.8) is 0 Å². The Kier molecular flexibility index (Phi) is 3.46. The summed E-state index contributed by atoms with van der Waals surface area (Å²) >= 11 is 0. The van der Waals surface area contributed by atoms with Crippen LogP contribution in [0.2, 0.25) is 0 Å². The van der Waals surface area contributed by atoms with Gasteiger partial charge in [0.05, 0.1) is 13.2 Å². The number of carbonyl (C=O) groups excluding carboxylic acids is 1. The van der Waals surface area contributed by atoms with Crippen molar-refractivity contribution in [1.29, 1.82) is 0 Å². The molecule has 4 nitrogen and oxygen atoms in total. The minimum atomic E-state index is -0.449. The van der Waals surface area contributed by atoms with E-state index < -0.39 is 5.41 Å². The Balaban J connectivity index is 1.83. The monoisotopic (exact) mass is 240 g/mol. The van der Waals surface area contributed by atoms with E-state index in [-0.39, 0.29) is 11.3 Å². The van der Waals surface area contributed by atoms with Crippen molar-refractivity contribution < 1.29 is 9.53 Å². The summed E-state index contributed by atoms with van der Waals surface area (Å²) in [5.74, 6) is 0.827. The van der Waals surface area contributed by atoms with Crippen molar-refractivity contribution in [3.8, 4) is 0 Å². The third kappa shape index (κ3) is 2.33. The van der Waals surface area contributed by atoms with Crippen LogP contribution in [0.5, 0.6) is 0 Å². The molecule has 4 heteroatoms. The van der Waals surface area contributed by atoms with Gasteiger partial charge in [0.1, 0.15) is 5.41 Å². The zero-order chi connectivity index (χ0) is 12.5. The number of amides is 1. The molecule has 0 unspecified atom stereocenters. The second-order valence-electron chi connectivity index (χ2n) is 6.28. The van der Waals surface area contributed by atoms with E-state index in [1.807, 2.05) is 0 Å². The molecule has 1 aliphatic carbocycles. The molecule has 1 saturated heterocycles. The van der Waals surface area contributed by atoms with Gasteiger partial charge in [0, 0.05) is 13.1 Å². The van der Waals surface area contributed by atoms with Gasteiger partial charge in [-0.15, -0.1) is 0 Å². The Bertz CT molecular complexity index is 288. The van der Waals surface area contributed by atoms with E-state index in [4.69, 9.17) is 10.5 Å². The third-order valence-corrected chi connectivity index (χ3v) is 4.54. The van der Waals surface area contributed by atoms with E-state index in [0.29, 0.717) is 19.8 Å². The van der Waals surface area contributed by atoms with Crippen LogP contribution in [0, 0.1) is 16.7 Å². The van der Waals surface area contributed by atoms with Gasteiger partial charge in [0.2, 0.25) is 5.91 Å². The summed E-state index contributed by atoms with van der Waals surface area (Å²) in [6, 6.07) is 0. The predicted molar refractivity (Wildman–Crippen MR) is 66.4 cm³/mol. The first-order chi connectivity index (χ1) is 8.00. The molecule has 3 N–H and O–H groups in total. The topological polar surface area (TPSA) is 64.4 Å². The molecule has 2 fully saturated rings. The van der Waals surface area contributed by atoms with Crippen LogP contribution in [0.3, 0.4) is 0 Å². The first kappa shape index (κ1) is 12.8. The Labute approximate surface area is 103 Å². The quantitative estimate of drug-likeness (QED) is 0.750. The Morgan fingerprint density at radius 2 is 2.12 bits per heavy atom. The number of nitrogens with two attached hydrogens (primary N) is 1. The number of hydrogen-bond donors (Lipinski definition) is 2. The summed E-state index contributed by atoms with van der Waals surface area (Å²) in [4.78, 5) is 12.1. The maximum Gasteiger partial charge on any atom is 0.232 e. The first-order valence-corrected chi connectivity index (χ1v) is 6.56. The molecule has 1 amide bonds. The van der Waals surface area contributed by atoms with Gasteiger partial charge in [0.25, 0.3) is 0 Å². The molecule has 0 aromatic rings. The SMILES string of the molecule is CC(C)(CNC(=O)C1(CN)COC1)C1CCC1. The average molecular weight is 240 g/mol. The lowest BCUT2D eigenvalue weighted by molar-refractivity contribution is -0.160. The molecule has 0 radical (unpaired) electrons. The summed E-state index contributed by atoms with van der Waals surface area (Å²) in [5.41, 5.74) is 5.42. The van der Waals surface area contributed by atoms with E-state index in [1.165, 1.54) is 19.3 Å². The normalized spacial score (nSPS) is 23.7. The van der Waals surface area contributed by atoms with Gasteiger partial charge in [-0.3, -0.25) is 4.79 Å². The minimum absolute atomic E-state index is 0.0682. The summed E-state index contributed by atoms with van der Waals surface area (Å²) < 4.78 is 5.12. The van der Waals surface area contributed by atoms with Crippen LogP contribution < -0.4 is 11.1 Å². The largest absolute Gasteiger partial charge is 0.379 e. The lowest BCUT2D eigenvalue weighted by atomic mass is 9.67. The van der Waals surface area contributed by atoms with Crippen LogP contribution in [0.1, 0.15) is 33.1 Å². The molecule has 0 bridgehead atoms. The highest BCUT2D eigenvalue weighted by Crippen LogP contribution is 2.41. The van der Waals surface area contributed by atoms with E-state index in [1.54, 1.807) is 0 Å². The van der Waals surface area contributed by atoms with Gasteiger partial charge in [-0.05, 0) is 24.2 Å². The molecule has 0 spiro atoms. The Hall–Kier alpha value is -0.610. The van der Waals surface area contributed by atoms with Gasteiger partial charge >= 0.3 is 0 Å². The number of carbonyl (C=O) groups is 1. The molecular formula is C13H24N2O2. The molecule has 0 aromatic heterocycles. The molecule has 17 heavy (non-hydrogen) atoms. The molecule has 1 saturated carbocycles. The molecule has 0 atom stereocenters. The zero-order valence-corrected chi connectivity index (χ0v) is 10.9.